The molecular weight excluding hydrogens is 544 g/mol. The van der Waals surface area contributed by atoms with Crippen LogP contribution in [-0.4, -0.2) is 64.8 Å². The van der Waals surface area contributed by atoms with Crippen LogP contribution in [0.15, 0.2) is 60.8 Å². The number of aromatic nitrogens is 2. The van der Waals surface area contributed by atoms with E-state index in [1.165, 1.54) is 0 Å². The second-order valence-corrected chi connectivity index (χ2v) is 11.6. The fourth-order valence-corrected chi connectivity index (χ4v) is 4.79. The van der Waals surface area contributed by atoms with Crippen LogP contribution in [0.2, 0.25) is 0 Å². The van der Waals surface area contributed by atoms with Crippen molar-refractivity contribution in [1.82, 2.24) is 14.9 Å². The van der Waals surface area contributed by atoms with Crippen LogP contribution in [0.5, 0.6) is 5.75 Å². The molecule has 1 aliphatic rings. The largest absolute Gasteiger partial charge is 0.458 e. The fourth-order valence-electron chi connectivity index (χ4n) is 4.79. The molecule has 0 spiro atoms. The highest BCUT2D eigenvalue weighted by Crippen LogP contribution is 2.25. The molecule has 0 radical (unpaired) electrons. The zero-order valence-electron chi connectivity index (χ0n) is 25.9. The normalized spacial score (nSPS) is 13.7. The number of nitrogens with one attached hydrogen (secondary N) is 2. The van der Waals surface area contributed by atoms with Gasteiger partial charge in [0.1, 0.15) is 17.4 Å². The van der Waals surface area contributed by atoms with Gasteiger partial charge in [-0.3, -0.25) is 0 Å². The lowest BCUT2D eigenvalue weighted by Gasteiger charge is -2.26. The minimum absolute atomic E-state index is 0.331. The van der Waals surface area contributed by atoms with E-state index in [0.717, 1.165) is 50.1 Å². The third-order valence-corrected chi connectivity index (χ3v) is 7.08. The van der Waals surface area contributed by atoms with Crippen molar-refractivity contribution >= 4 is 29.5 Å². The molecule has 10 nitrogen and oxygen atoms in total. The van der Waals surface area contributed by atoms with Gasteiger partial charge in [0.25, 0.3) is 0 Å². The summed E-state index contributed by atoms with van der Waals surface area (Å²) in [7, 11) is 0. The van der Waals surface area contributed by atoms with E-state index in [1.807, 2.05) is 63.2 Å². The minimum atomic E-state index is -0.742. The third kappa shape index (κ3) is 9.33. The number of amides is 1. The summed E-state index contributed by atoms with van der Waals surface area (Å²) >= 11 is 0. The van der Waals surface area contributed by atoms with Gasteiger partial charge < -0.3 is 29.9 Å². The SMILES string of the molecule is CCN(CC)c1ncc(NCc2ccccc2)c(N[C@@H](Cc2ccc(OC(=O)N3CCCC3)cc2)C(=O)OC(C)(C)C)n1. The van der Waals surface area contributed by atoms with Gasteiger partial charge in [-0.1, -0.05) is 42.5 Å². The van der Waals surface area contributed by atoms with E-state index in [9.17, 15) is 9.59 Å². The summed E-state index contributed by atoms with van der Waals surface area (Å²) < 4.78 is 11.4. The van der Waals surface area contributed by atoms with Crippen molar-refractivity contribution in [3.63, 3.8) is 0 Å². The quantitative estimate of drug-likeness (QED) is 0.250. The zero-order chi connectivity index (χ0) is 30.8. The summed E-state index contributed by atoms with van der Waals surface area (Å²) in [5.41, 5.74) is 1.99. The number of hydrogen-bond acceptors (Lipinski definition) is 9. The molecule has 2 N–H and O–H groups in total. The summed E-state index contributed by atoms with van der Waals surface area (Å²) in [6.07, 6.45) is 3.75. The molecule has 230 valence electrons. The van der Waals surface area contributed by atoms with Crippen molar-refractivity contribution in [2.45, 2.75) is 72.1 Å². The maximum absolute atomic E-state index is 13.5. The summed E-state index contributed by atoms with van der Waals surface area (Å²) in [6, 6.07) is 16.5. The van der Waals surface area contributed by atoms with Crippen molar-refractivity contribution in [2.24, 2.45) is 0 Å². The van der Waals surface area contributed by atoms with Gasteiger partial charge >= 0.3 is 12.1 Å². The summed E-state index contributed by atoms with van der Waals surface area (Å²) in [5.74, 6) is 1.16. The number of carbonyl (C=O) groups excluding carboxylic acids is 2. The first-order chi connectivity index (χ1) is 20.6. The standard InChI is InChI=1S/C33H44N6O4/c1-6-38(7-2)31-35-23-28(34-22-25-13-9-8-10-14-25)29(37-31)36-27(30(40)43-33(3,4)5)21-24-15-17-26(18-16-24)42-32(41)39-19-11-12-20-39/h8-10,13-18,23,27,34H,6-7,11-12,19-22H2,1-5H3,(H,35,36,37)/t27-/m0/s1. The van der Waals surface area contributed by atoms with E-state index in [4.69, 9.17) is 14.5 Å². The number of nitrogens with zero attached hydrogens (tertiary/aromatic N) is 4. The maximum atomic E-state index is 13.5. The lowest BCUT2D eigenvalue weighted by molar-refractivity contribution is -0.155. The Hall–Kier alpha value is -4.34. The van der Waals surface area contributed by atoms with Crippen molar-refractivity contribution in [2.75, 3.05) is 41.7 Å². The van der Waals surface area contributed by atoms with Gasteiger partial charge in [-0.25, -0.2) is 14.6 Å². The first-order valence-corrected chi connectivity index (χ1v) is 15.1. The Bertz CT molecular complexity index is 1330. The Morgan fingerprint density at radius 2 is 1.65 bits per heavy atom. The minimum Gasteiger partial charge on any atom is -0.458 e. The topological polar surface area (TPSA) is 109 Å². The molecule has 1 amide bonds. The van der Waals surface area contributed by atoms with Gasteiger partial charge in [0, 0.05) is 39.1 Å². The van der Waals surface area contributed by atoms with E-state index < -0.39 is 17.6 Å². The first kappa shape index (κ1) is 31.6. The molecular formula is C33H44N6O4. The van der Waals surface area contributed by atoms with E-state index >= 15 is 0 Å². The van der Waals surface area contributed by atoms with Crippen LogP contribution >= 0.6 is 0 Å². The molecule has 1 fully saturated rings. The van der Waals surface area contributed by atoms with Crippen LogP contribution in [0.25, 0.3) is 0 Å². The molecule has 0 aliphatic carbocycles. The number of esters is 1. The Labute approximate surface area is 254 Å². The van der Waals surface area contributed by atoms with Gasteiger partial charge in [0.15, 0.2) is 5.82 Å². The Morgan fingerprint density at radius 1 is 0.977 bits per heavy atom. The smallest absolute Gasteiger partial charge is 0.415 e. The molecule has 3 aromatic rings. The second-order valence-electron chi connectivity index (χ2n) is 11.6. The Morgan fingerprint density at radius 3 is 2.28 bits per heavy atom. The molecule has 1 saturated heterocycles. The first-order valence-electron chi connectivity index (χ1n) is 15.1. The third-order valence-electron chi connectivity index (χ3n) is 7.08. The van der Waals surface area contributed by atoms with Crippen molar-refractivity contribution in [3.8, 4) is 5.75 Å². The number of anilines is 3. The van der Waals surface area contributed by atoms with Crippen molar-refractivity contribution in [1.29, 1.82) is 0 Å². The zero-order valence-corrected chi connectivity index (χ0v) is 25.9. The van der Waals surface area contributed by atoms with E-state index in [1.54, 1.807) is 23.2 Å². The number of rotatable bonds is 12. The average Bonchev–Trinajstić information content (AvgIpc) is 3.53. The fraction of sp³-hybridized carbons (Fsp3) is 0.455. The molecule has 10 heteroatoms. The average molecular weight is 589 g/mol. The second kappa shape index (κ2) is 14.7. The van der Waals surface area contributed by atoms with Gasteiger partial charge in [-0.05, 0) is 70.7 Å². The van der Waals surface area contributed by atoms with E-state index in [2.05, 4.69) is 34.4 Å². The molecule has 4 rings (SSSR count). The highest BCUT2D eigenvalue weighted by molar-refractivity contribution is 5.81. The predicted octanol–water partition coefficient (Wildman–Crippen LogP) is 5.89. The highest BCUT2D eigenvalue weighted by Gasteiger charge is 2.27. The van der Waals surface area contributed by atoms with Crippen LogP contribution in [0.4, 0.5) is 22.2 Å². The van der Waals surface area contributed by atoms with Crippen LogP contribution in [-0.2, 0) is 22.5 Å². The summed E-state index contributed by atoms with van der Waals surface area (Å²) in [6.45, 7) is 13.2. The lowest BCUT2D eigenvalue weighted by atomic mass is 10.0. The van der Waals surface area contributed by atoms with Gasteiger partial charge in [-0.15, -0.1) is 0 Å². The molecule has 0 saturated carbocycles. The molecule has 1 aliphatic heterocycles. The Kier molecular flexibility index (Phi) is 10.8. The molecule has 2 aromatic carbocycles. The number of likely N-dealkylation sites (tertiary alicyclic amines) is 1. The molecule has 2 heterocycles. The number of benzene rings is 2. The van der Waals surface area contributed by atoms with E-state index in [-0.39, 0.29) is 6.09 Å². The molecule has 1 atom stereocenters. The van der Waals surface area contributed by atoms with Crippen LogP contribution < -0.4 is 20.3 Å². The highest BCUT2D eigenvalue weighted by atomic mass is 16.6. The lowest BCUT2D eigenvalue weighted by Crippen LogP contribution is -2.38. The van der Waals surface area contributed by atoms with Gasteiger partial charge in [-0.2, -0.15) is 4.98 Å². The number of hydrogen-bond donors (Lipinski definition) is 2. The van der Waals surface area contributed by atoms with E-state index in [0.29, 0.717) is 36.2 Å². The Balaban J connectivity index is 1.57. The van der Waals surface area contributed by atoms with Crippen LogP contribution in [0, 0.1) is 0 Å². The molecule has 1 aromatic heterocycles. The maximum Gasteiger partial charge on any atom is 0.415 e. The summed E-state index contributed by atoms with van der Waals surface area (Å²) in [4.78, 5) is 39.1. The van der Waals surface area contributed by atoms with Crippen molar-refractivity contribution < 1.29 is 19.1 Å². The monoisotopic (exact) mass is 588 g/mol. The van der Waals surface area contributed by atoms with Crippen molar-refractivity contribution in [3.05, 3.63) is 71.9 Å². The van der Waals surface area contributed by atoms with Crippen LogP contribution in [0.3, 0.4) is 0 Å². The van der Waals surface area contributed by atoms with Gasteiger partial charge in [0.05, 0.1) is 11.9 Å². The van der Waals surface area contributed by atoms with Gasteiger partial charge in [0.2, 0.25) is 5.95 Å². The van der Waals surface area contributed by atoms with Crippen LogP contribution in [0.1, 0.15) is 58.6 Å². The predicted molar refractivity (Wildman–Crippen MR) is 170 cm³/mol. The molecule has 0 unspecified atom stereocenters. The number of ether oxygens (including phenoxy) is 2. The number of carbonyl (C=O) groups is 2. The molecule has 0 bridgehead atoms. The molecule has 43 heavy (non-hydrogen) atoms. The summed E-state index contributed by atoms with van der Waals surface area (Å²) in [5, 5.41) is 6.80.